The van der Waals surface area contributed by atoms with Crippen LogP contribution in [0.2, 0.25) is 0 Å². The molecule has 3 N–H and O–H groups in total. The molecule has 0 fully saturated rings. The fourth-order valence-electron chi connectivity index (χ4n) is 1.69. The number of hydrogen-bond donors (Lipinski definition) is 3. The summed E-state index contributed by atoms with van der Waals surface area (Å²) in [5.74, 6) is -1.34. The number of carbonyl (C=O) groups excluding carboxylic acids is 1. The highest BCUT2D eigenvalue weighted by Crippen LogP contribution is 2.12. The molecular weight excluding hydrogens is 248 g/mol. The molecule has 0 radical (unpaired) electrons. The summed E-state index contributed by atoms with van der Waals surface area (Å²) in [6.45, 7) is 3.44. The van der Waals surface area contributed by atoms with Crippen molar-refractivity contribution >= 4 is 17.7 Å². The molecule has 0 aliphatic heterocycles. The molecule has 7 nitrogen and oxygen atoms in total. The quantitative estimate of drug-likeness (QED) is 0.772. The monoisotopic (exact) mass is 260 g/mol. The van der Waals surface area contributed by atoms with Crippen molar-refractivity contribution in [2.45, 2.75) is 13.8 Å². The lowest BCUT2D eigenvalue weighted by atomic mass is 10.2. The number of amides is 1. The van der Waals surface area contributed by atoms with E-state index in [9.17, 15) is 9.59 Å². The molecule has 0 bridgehead atoms. The number of hydrogen-bond acceptors (Lipinski definition) is 4. The topological polar surface area (TPSA) is 108 Å². The van der Waals surface area contributed by atoms with Gasteiger partial charge in [-0.05, 0) is 26.0 Å². The van der Waals surface area contributed by atoms with Crippen LogP contribution < -0.4 is 5.32 Å². The van der Waals surface area contributed by atoms with Crippen molar-refractivity contribution in [1.29, 1.82) is 0 Å². The molecule has 0 aliphatic carbocycles. The van der Waals surface area contributed by atoms with Gasteiger partial charge in [0.05, 0.1) is 11.3 Å². The van der Waals surface area contributed by atoms with Crippen LogP contribution in [0.5, 0.6) is 0 Å². The third-order valence-electron chi connectivity index (χ3n) is 2.56. The first-order chi connectivity index (χ1) is 8.99. The number of carbonyl (C=O) groups is 2. The number of aromatic carboxylic acids is 1. The molecule has 0 aliphatic rings. The SMILES string of the molecule is Cc1n[nH]c(C)c1C(=O)Nc1cccc(C(=O)O)n1. The molecule has 0 atom stereocenters. The summed E-state index contributed by atoms with van der Waals surface area (Å²) in [6.07, 6.45) is 0. The highest BCUT2D eigenvalue weighted by atomic mass is 16.4. The minimum atomic E-state index is -1.15. The first kappa shape index (κ1) is 12.7. The lowest BCUT2D eigenvalue weighted by Gasteiger charge is -2.05. The van der Waals surface area contributed by atoms with Gasteiger partial charge in [-0.25, -0.2) is 9.78 Å². The Morgan fingerprint density at radius 3 is 2.63 bits per heavy atom. The van der Waals surface area contributed by atoms with Crippen LogP contribution >= 0.6 is 0 Å². The van der Waals surface area contributed by atoms with Gasteiger partial charge < -0.3 is 10.4 Å². The average molecular weight is 260 g/mol. The Hall–Kier alpha value is -2.70. The first-order valence-electron chi connectivity index (χ1n) is 5.52. The van der Waals surface area contributed by atoms with Gasteiger partial charge in [-0.3, -0.25) is 9.89 Å². The highest BCUT2D eigenvalue weighted by molar-refractivity contribution is 6.05. The maximum atomic E-state index is 12.0. The minimum absolute atomic E-state index is 0.126. The molecule has 2 rings (SSSR count). The van der Waals surface area contributed by atoms with E-state index in [1.54, 1.807) is 13.8 Å². The number of H-pyrrole nitrogens is 1. The number of nitrogens with zero attached hydrogens (tertiary/aromatic N) is 2. The molecule has 19 heavy (non-hydrogen) atoms. The zero-order valence-corrected chi connectivity index (χ0v) is 10.4. The van der Waals surface area contributed by atoms with Gasteiger partial charge in [0.25, 0.3) is 5.91 Å². The maximum absolute atomic E-state index is 12.0. The zero-order valence-electron chi connectivity index (χ0n) is 10.4. The lowest BCUT2D eigenvalue weighted by molar-refractivity contribution is 0.0690. The Morgan fingerprint density at radius 2 is 2.05 bits per heavy atom. The first-order valence-corrected chi connectivity index (χ1v) is 5.52. The Labute approximate surface area is 108 Å². The van der Waals surface area contributed by atoms with Crippen molar-refractivity contribution in [2.24, 2.45) is 0 Å². The molecule has 2 aromatic rings. The molecule has 1 amide bonds. The van der Waals surface area contributed by atoms with Gasteiger partial charge in [0.2, 0.25) is 0 Å². The molecule has 7 heteroatoms. The van der Waals surface area contributed by atoms with Gasteiger partial charge in [0, 0.05) is 5.69 Å². The van der Waals surface area contributed by atoms with Gasteiger partial charge in [0.1, 0.15) is 5.82 Å². The Kier molecular flexibility index (Phi) is 3.28. The molecule has 0 saturated carbocycles. The van der Waals surface area contributed by atoms with E-state index in [1.165, 1.54) is 18.2 Å². The summed E-state index contributed by atoms with van der Waals surface area (Å²) < 4.78 is 0. The van der Waals surface area contributed by atoms with Gasteiger partial charge in [-0.1, -0.05) is 6.07 Å². The van der Waals surface area contributed by atoms with Crippen LogP contribution in [0.1, 0.15) is 32.2 Å². The van der Waals surface area contributed by atoms with Crippen LogP contribution in [-0.2, 0) is 0 Å². The van der Waals surface area contributed by atoms with Gasteiger partial charge >= 0.3 is 5.97 Å². The van der Waals surface area contributed by atoms with Gasteiger partial charge in [-0.2, -0.15) is 5.10 Å². The molecule has 0 saturated heterocycles. The van der Waals surface area contributed by atoms with E-state index in [0.717, 1.165) is 0 Å². The van der Waals surface area contributed by atoms with Crippen molar-refractivity contribution in [3.8, 4) is 0 Å². The number of nitrogens with one attached hydrogen (secondary N) is 2. The number of aromatic nitrogens is 3. The summed E-state index contributed by atoms with van der Waals surface area (Å²) >= 11 is 0. The molecule has 98 valence electrons. The molecule has 2 aromatic heterocycles. The van der Waals surface area contributed by atoms with E-state index in [0.29, 0.717) is 17.0 Å². The zero-order chi connectivity index (χ0) is 14.0. The van der Waals surface area contributed by atoms with Crippen LogP contribution in [0.3, 0.4) is 0 Å². The number of anilines is 1. The van der Waals surface area contributed by atoms with Crippen molar-refractivity contribution < 1.29 is 14.7 Å². The van der Waals surface area contributed by atoms with Crippen molar-refractivity contribution in [3.05, 3.63) is 40.8 Å². The number of rotatable bonds is 3. The number of carboxylic acid groups (broad SMARTS) is 1. The summed E-state index contributed by atoms with van der Waals surface area (Å²) in [6, 6.07) is 4.39. The second-order valence-electron chi connectivity index (χ2n) is 3.98. The summed E-state index contributed by atoms with van der Waals surface area (Å²) in [4.78, 5) is 26.6. The smallest absolute Gasteiger partial charge is 0.354 e. The Morgan fingerprint density at radius 1 is 1.32 bits per heavy atom. The standard InChI is InChI=1S/C12H12N4O3/c1-6-10(7(2)16-15-6)11(17)14-9-5-3-4-8(13-9)12(18)19/h3-5H,1-2H3,(H,15,16)(H,18,19)(H,13,14,17). The maximum Gasteiger partial charge on any atom is 0.354 e. The van der Waals surface area contributed by atoms with Crippen molar-refractivity contribution in [2.75, 3.05) is 5.32 Å². The van der Waals surface area contributed by atoms with E-state index in [1.807, 2.05) is 0 Å². The minimum Gasteiger partial charge on any atom is -0.477 e. The molecule has 0 unspecified atom stereocenters. The Bertz CT molecular complexity index is 629. The van der Waals surface area contributed by atoms with Crippen LogP contribution in [0.4, 0.5) is 5.82 Å². The van der Waals surface area contributed by atoms with Crippen LogP contribution in [0, 0.1) is 13.8 Å². The molecule has 0 aromatic carbocycles. The lowest BCUT2D eigenvalue weighted by Crippen LogP contribution is -2.15. The third kappa shape index (κ3) is 2.59. The highest BCUT2D eigenvalue weighted by Gasteiger charge is 2.16. The summed E-state index contributed by atoms with van der Waals surface area (Å²) in [7, 11) is 0. The van der Waals surface area contributed by atoms with Crippen LogP contribution in [0.15, 0.2) is 18.2 Å². The molecular formula is C12H12N4O3. The largest absolute Gasteiger partial charge is 0.477 e. The average Bonchev–Trinajstić information content (AvgIpc) is 2.69. The second kappa shape index (κ2) is 4.89. The summed E-state index contributed by atoms with van der Waals surface area (Å²) in [5.41, 5.74) is 1.52. The van der Waals surface area contributed by atoms with Crippen molar-refractivity contribution in [1.82, 2.24) is 15.2 Å². The molecule has 0 spiro atoms. The number of carboxylic acids is 1. The normalized spacial score (nSPS) is 10.2. The van der Waals surface area contributed by atoms with Crippen molar-refractivity contribution in [3.63, 3.8) is 0 Å². The van der Waals surface area contributed by atoms with E-state index in [2.05, 4.69) is 20.5 Å². The van der Waals surface area contributed by atoms with Gasteiger partial charge in [0.15, 0.2) is 5.69 Å². The van der Waals surface area contributed by atoms with Crippen LogP contribution in [-0.4, -0.2) is 32.2 Å². The Balaban J connectivity index is 2.24. The molecule has 2 heterocycles. The van der Waals surface area contributed by atoms with E-state index in [-0.39, 0.29) is 17.4 Å². The van der Waals surface area contributed by atoms with E-state index < -0.39 is 5.97 Å². The third-order valence-corrected chi connectivity index (χ3v) is 2.56. The number of aromatic amines is 1. The van der Waals surface area contributed by atoms with E-state index >= 15 is 0 Å². The number of aryl methyl sites for hydroxylation is 2. The fraction of sp³-hybridized carbons (Fsp3) is 0.167. The fourth-order valence-corrected chi connectivity index (χ4v) is 1.69. The summed E-state index contributed by atoms with van der Waals surface area (Å²) in [5, 5.41) is 18.0. The predicted octanol–water partition coefficient (Wildman–Crippen LogP) is 1.37. The van der Waals surface area contributed by atoms with E-state index in [4.69, 9.17) is 5.11 Å². The van der Waals surface area contributed by atoms with Gasteiger partial charge in [-0.15, -0.1) is 0 Å². The predicted molar refractivity (Wildman–Crippen MR) is 67.2 cm³/mol. The second-order valence-corrected chi connectivity index (χ2v) is 3.98. The number of pyridine rings is 1. The van der Waals surface area contributed by atoms with Crippen LogP contribution in [0.25, 0.3) is 0 Å².